The summed E-state index contributed by atoms with van der Waals surface area (Å²) in [7, 11) is 0. The summed E-state index contributed by atoms with van der Waals surface area (Å²) in [5.41, 5.74) is 1.25. The van der Waals surface area contributed by atoms with Crippen molar-refractivity contribution < 1.29 is 4.79 Å². The average Bonchev–Trinajstić information content (AvgIpc) is 2.56. The Balaban J connectivity index is 2.01. The maximum Gasteiger partial charge on any atom is 0.241 e. The molecule has 1 aliphatic carbocycles. The second kappa shape index (κ2) is 7.95. The third-order valence-electron chi connectivity index (χ3n) is 4.54. The van der Waals surface area contributed by atoms with E-state index in [-0.39, 0.29) is 11.9 Å². The molecule has 1 atom stereocenters. The molecule has 118 valence electrons. The third kappa shape index (κ3) is 4.08. The van der Waals surface area contributed by atoms with Crippen molar-refractivity contribution in [1.29, 1.82) is 5.26 Å². The second-order valence-electron chi connectivity index (χ2n) is 5.98. The Hall–Kier alpha value is -1.86. The minimum absolute atomic E-state index is 0.00233. The molecule has 4 heteroatoms. The number of nitrogens with one attached hydrogen (secondary N) is 1. The Morgan fingerprint density at radius 2 is 2.14 bits per heavy atom. The summed E-state index contributed by atoms with van der Waals surface area (Å²) in [4.78, 5) is 14.8. The Bertz CT molecular complexity index is 544. The zero-order valence-corrected chi connectivity index (χ0v) is 13.5. The zero-order chi connectivity index (χ0) is 15.9. The molecule has 0 aromatic heterocycles. The van der Waals surface area contributed by atoms with Gasteiger partial charge in [0, 0.05) is 11.7 Å². The van der Waals surface area contributed by atoms with Crippen LogP contribution in [0.25, 0.3) is 0 Å². The van der Waals surface area contributed by atoms with E-state index in [9.17, 15) is 4.79 Å². The van der Waals surface area contributed by atoms with E-state index in [1.54, 1.807) is 18.2 Å². The first kappa shape index (κ1) is 16.5. The van der Waals surface area contributed by atoms with Crippen molar-refractivity contribution in [1.82, 2.24) is 4.90 Å². The van der Waals surface area contributed by atoms with Gasteiger partial charge in [-0.05, 0) is 44.5 Å². The van der Waals surface area contributed by atoms with Crippen molar-refractivity contribution >= 4 is 11.6 Å². The lowest BCUT2D eigenvalue weighted by atomic mass is 9.93. The summed E-state index contributed by atoms with van der Waals surface area (Å²) in [6, 6.07) is 9.51. The lowest BCUT2D eigenvalue weighted by Crippen LogP contribution is -2.48. The lowest BCUT2D eigenvalue weighted by Gasteiger charge is -2.37. The summed E-state index contributed by atoms with van der Waals surface area (Å²) in [5.74, 6) is 0.00233. The van der Waals surface area contributed by atoms with E-state index in [0.29, 0.717) is 17.3 Å². The van der Waals surface area contributed by atoms with Gasteiger partial charge in [0.25, 0.3) is 0 Å². The number of benzene rings is 1. The molecule has 0 radical (unpaired) electrons. The Morgan fingerprint density at radius 1 is 1.41 bits per heavy atom. The predicted molar refractivity (Wildman–Crippen MR) is 88.5 cm³/mol. The van der Waals surface area contributed by atoms with E-state index < -0.39 is 0 Å². The highest BCUT2D eigenvalue weighted by Crippen LogP contribution is 2.24. The van der Waals surface area contributed by atoms with Crippen molar-refractivity contribution in [2.75, 3.05) is 11.9 Å². The smallest absolute Gasteiger partial charge is 0.241 e. The van der Waals surface area contributed by atoms with Gasteiger partial charge in [-0.25, -0.2) is 0 Å². The normalized spacial score (nSPS) is 17.0. The van der Waals surface area contributed by atoms with Gasteiger partial charge < -0.3 is 5.32 Å². The highest BCUT2D eigenvalue weighted by molar-refractivity contribution is 5.94. The Labute approximate surface area is 133 Å². The number of nitrogens with zero attached hydrogens (tertiary/aromatic N) is 2. The largest absolute Gasteiger partial charge is 0.325 e. The molecular weight excluding hydrogens is 274 g/mol. The van der Waals surface area contributed by atoms with Crippen LogP contribution in [0.5, 0.6) is 0 Å². The van der Waals surface area contributed by atoms with Crippen molar-refractivity contribution in [2.45, 2.75) is 58.0 Å². The Kier molecular flexibility index (Phi) is 5.97. The fraction of sp³-hybridized carbons (Fsp3) is 0.556. The molecule has 1 aromatic rings. The highest BCUT2D eigenvalue weighted by Gasteiger charge is 2.27. The topological polar surface area (TPSA) is 56.1 Å². The second-order valence-corrected chi connectivity index (χ2v) is 5.98. The highest BCUT2D eigenvalue weighted by atomic mass is 16.2. The summed E-state index contributed by atoms with van der Waals surface area (Å²) in [5, 5.41) is 11.9. The van der Waals surface area contributed by atoms with Gasteiger partial charge in [-0.15, -0.1) is 0 Å². The van der Waals surface area contributed by atoms with E-state index in [0.717, 1.165) is 6.54 Å². The van der Waals surface area contributed by atoms with Crippen LogP contribution in [0.2, 0.25) is 0 Å². The van der Waals surface area contributed by atoms with Gasteiger partial charge in [-0.2, -0.15) is 5.26 Å². The van der Waals surface area contributed by atoms with Gasteiger partial charge in [0.05, 0.1) is 17.7 Å². The molecule has 0 saturated heterocycles. The SMILES string of the molecule is CCN(C1CCCCC1)C(C)C(=O)Nc1cccc(C#N)c1. The first-order chi connectivity index (χ1) is 10.7. The molecule has 0 heterocycles. The molecule has 1 fully saturated rings. The van der Waals surface area contributed by atoms with Gasteiger partial charge >= 0.3 is 0 Å². The fourth-order valence-electron chi connectivity index (χ4n) is 3.32. The number of nitriles is 1. The van der Waals surface area contributed by atoms with E-state index in [1.807, 2.05) is 13.0 Å². The summed E-state index contributed by atoms with van der Waals surface area (Å²) >= 11 is 0. The van der Waals surface area contributed by atoms with E-state index in [2.05, 4.69) is 23.2 Å². The number of hydrogen-bond acceptors (Lipinski definition) is 3. The molecular formula is C18H25N3O. The molecule has 1 N–H and O–H groups in total. The number of amides is 1. The molecule has 1 amide bonds. The van der Waals surface area contributed by atoms with Gasteiger partial charge in [0.2, 0.25) is 5.91 Å². The van der Waals surface area contributed by atoms with Gasteiger partial charge in [-0.3, -0.25) is 9.69 Å². The van der Waals surface area contributed by atoms with Crippen LogP contribution in [-0.4, -0.2) is 29.4 Å². The molecule has 1 saturated carbocycles. The Morgan fingerprint density at radius 3 is 2.77 bits per heavy atom. The van der Waals surface area contributed by atoms with Crippen LogP contribution in [0.3, 0.4) is 0 Å². The van der Waals surface area contributed by atoms with Gasteiger partial charge in [-0.1, -0.05) is 32.3 Å². The molecule has 2 rings (SSSR count). The van der Waals surface area contributed by atoms with Crippen LogP contribution in [0.4, 0.5) is 5.69 Å². The van der Waals surface area contributed by atoms with Crippen LogP contribution in [0.15, 0.2) is 24.3 Å². The molecule has 0 spiro atoms. The average molecular weight is 299 g/mol. The maximum absolute atomic E-state index is 12.5. The summed E-state index contributed by atoms with van der Waals surface area (Å²) < 4.78 is 0. The van der Waals surface area contributed by atoms with Crippen molar-refractivity contribution in [2.24, 2.45) is 0 Å². The summed E-state index contributed by atoms with van der Waals surface area (Å²) in [6.45, 7) is 4.98. The maximum atomic E-state index is 12.5. The van der Waals surface area contributed by atoms with Crippen LogP contribution in [0, 0.1) is 11.3 Å². The quantitative estimate of drug-likeness (QED) is 0.904. The minimum Gasteiger partial charge on any atom is -0.325 e. The summed E-state index contributed by atoms with van der Waals surface area (Å²) in [6.07, 6.45) is 6.22. The van der Waals surface area contributed by atoms with Crippen LogP contribution in [0.1, 0.15) is 51.5 Å². The first-order valence-electron chi connectivity index (χ1n) is 8.22. The predicted octanol–water partition coefficient (Wildman–Crippen LogP) is 3.54. The van der Waals surface area contributed by atoms with Crippen molar-refractivity contribution in [3.8, 4) is 6.07 Å². The van der Waals surface area contributed by atoms with E-state index >= 15 is 0 Å². The van der Waals surface area contributed by atoms with Gasteiger partial charge in [0.15, 0.2) is 0 Å². The first-order valence-corrected chi connectivity index (χ1v) is 8.22. The van der Waals surface area contributed by atoms with Crippen LogP contribution < -0.4 is 5.32 Å². The van der Waals surface area contributed by atoms with Crippen molar-refractivity contribution in [3.63, 3.8) is 0 Å². The molecule has 0 bridgehead atoms. The molecule has 4 nitrogen and oxygen atoms in total. The number of likely N-dealkylation sites (N-methyl/N-ethyl adjacent to an activating group) is 1. The van der Waals surface area contributed by atoms with E-state index in [4.69, 9.17) is 5.26 Å². The monoisotopic (exact) mass is 299 g/mol. The number of rotatable bonds is 5. The lowest BCUT2D eigenvalue weighted by molar-refractivity contribution is -0.121. The number of carbonyl (C=O) groups excluding carboxylic acids is 1. The number of hydrogen-bond donors (Lipinski definition) is 1. The molecule has 0 aliphatic heterocycles. The van der Waals surface area contributed by atoms with Crippen molar-refractivity contribution in [3.05, 3.63) is 29.8 Å². The number of carbonyl (C=O) groups is 1. The van der Waals surface area contributed by atoms with Crippen LogP contribution in [-0.2, 0) is 4.79 Å². The molecule has 1 unspecified atom stereocenters. The zero-order valence-electron chi connectivity index (χ0n) is 13.5. The third-order valence-corrected chi connectivity index (χ3v) is 4.54. The molecule has 22 heavy (non-hydrogen) atoms. The van der Waals surface area contributed by atoms with Crippen LogP contribution >= 0.6 is 0 Å². The van der Waals surface area contributed by atoms with E-state index in [1.165, 1.54) is 32.1 Å². The molecule has 1 aromatic carbocycles. The number of anilines is 1. The molecule has 1 aliphatic rings. The van der Waals surface area contributed by atoms with Gasteiger partial charge in [0.1, 0.15) is 0 Å². The minimum atomic E-state index is -0.154. The fourth-order valence-corrected chi connectivity index (χ4v) is 3.32. The standard InChI is InChI=1S/C18H25N3O/c1-3-21(17-10-5-4-6-11-17)14(2)18(22)20-16-9-7-8-15(12-16)13-19/h7-9,12,14,17H,3-6,10-11H2,1-2H3,(H,20,22).